The highest BCUT2D eigenvalue weighted by atomic mass is 79.9. The van der Waals surface area contributed by atoms with Crippen molar-refractivity contribution in [2.24, 2.45) is 5.92 Å². The van der Waals surface area contributed by atoms with Gasteiger partial charge in [0.2, 0.25) is 0 Å². The molecule has 2 fully saturated rings. The highest BCUT2D eigenvalue weighted by Crippen LogP contribution is 2.41. The van der Waals surface area contributed by atoms with Gasteiger partial charge in [-0.1, -0.05) is 15.9 Å². The molecule has 0 saturated carbocycles. The minimum Gasteiger partial charge on any atom is -0.481 e. The number of halogens is 1. The normalized spacial score (nSPS) is 45.1. The fourth-order valence-electron chi connectivity index (χ4n) is 2.64. The molecular formula is C9H14BrNO2. The zero-order chi connectivity index (χ0) is 9.59. The van der Waals surface area contributed by atoms with Gasteiger partial charge < -0.3 is 5.11 Å². The van der Waals surface area contributed by atoms with E-state index < -0.39 is 5.97 Å². The van der Waals surface area contributed by atoms with Crippen LogP contribution in [0.2, 0.25) is 0 Å². The maximum Gasteiger partial charge on any atom is 0.307 e. The largest absolute Gasteiger partial charge is 0.481 e. The first-order valence-electron chi connectivity index (χ1n) is 4.70. The van der Waals surface area contributed by atoms with Gasteiger partial charge in [0.05, 0.1) is 5.92 Å². The van der Waals surface area contributed by atoms with Crippen LogP contribution in [0.3, 0.4) is 0 Å². The number of piperidine rings is 1. The molecule has 2 rings (SSSR count). The second-order valence-corrected chi connectivity index (χ2v) is 5.15. The molecule has 4 atom stereocenters. The fraction of sp³-hybridized carbons (Fsp3) is 0.889. The number of rotatable bonds is 1. The van der Waals surface area contributed by atoms with Gasteiger partial charge in [-0.2, -0.15) is 0 Å². The third-order valence-electron chi connectivity index (χ3n) is 3.49. The average Bonchev–Trinajstić information content (AvgIpc) is 2.29. The number of hydrogen-bond acceptors (Lipinski definition) is 2. The molecule has 4 heteroatoms. The minimum atomic E-state index is -0.646. The molecule has 1 N–H and O–H groups in total. The van der Waals surface area contributed by atoms with E-state index in [4.69, 9.17) is 5.11 Å². The fourth-order valence-corrected chi connectivity index (χ4v) is 3.72. The van der Waals surface area contributed by atoms with Crippen molar-refractivity contribution in [3.05, 3.63) is 0 Å². The van der Waals surface area contributed by atoms with Crippen molar-refractivity contribution < 1.29 is 9.90 Å². The molecule has 2 aliphatic heterocycles. The van der Waals surface area contributed by atoms with Crippen LogP contribution in [-0.4, -0.2) is 39.9 Å². The molecule has 0 amide bonds. The summed E-state index contributed by atoms with van der Waals surface area (Å²) in [6, 6.07) is 0.930. The van der Waals surface area contributed by atoms with Gasteiger partial charge in [0, 0.05) is 16.9 Å². The molecule has 0 aromatic heterocycles. The van der Waals surface area contributed by atoms with Gasteiger partial charge in [0.15, 0.2) is 0 Å². The number of hydrogen-bond donors (Lipinski definition) is 1. The molecule has 13 heavy (non-hydrogen) atoms. The maximum absolute atomic E-state index is 10.9. The van der Waals surface area contributed by atoms with E-state index in [2.05, 4.69) is 27.9 Å². The van der Waals surface area contributed by atoms with Gasteiger partial charge in [-0.15, -0.1) is 0 Å². The van der Waals surface area contributed by atoms with E-state index in [1.54, 1.807) is 0 Å². The van der Waals surface area contributed by atoms with Crippen LogP contribution >= 0.6 is 15.9 Å². The third-order valence-corrected chi connectivity index (χ3v) is 4.74. The molecule has 0 aliphatic carbocycles. The van der Waals surface area contributed by atoms with Crippen molar-refractivity contribution in [3.63, 3.8) is 0 Å². The van der Waals surface area contributed by atoms with Crippen LogP contribution in [0, 0.1) is 5.92 Å². The Hall–Kier alpha value is -0.0900. The molecule has 0 radical (unpaired) electrons. The maximum atomic E-state index is 10.9. The molecule has 0 spiro atoms. The smallest absolute Gasteiger partial charge is 0.307 e. The highest BCUT2D eigenvalue weighted by Gasteiger charge is 2.46. The van der Waals surface area contributed by atoms with Gasteiger partial charge in [0.1, 0.15) is 0 Å². The molecule has 3 unspecified atom stereocenters. The number of alkyl halides is 1. The Balaban J connectivity index is 2.17. The lowest BCUT2D eigenvalue weighted by Gasteiger charge is -2.38. The summed E-state index contributed by atoms with van der Waals surface area (Å²) in [5.41, 5.74) is 0. The molecule has 2 heterocycles. The summed E-state index contributed by atoms with van der Waals surface area (Å²) in [4.78, 5) is 13.4. The van der Waals surface area contributed by atoms with Gasteiger partial charge in [-0.05, 0) is 26.3 Å². The first-order valence-corrected chi connectivity index (χ1v) is 5.61. The molecule has 0 aromatic rings. The zero-order valence-electron chi connectivity index (χ0n) is 7.61. The topological polar surface area (TPSA) is 40.5 Å². The van der Waals surface area contributed by atoms with E-state index in [-0.39, 0.29) is 10.7 Å². The van der Waals surface area contributed by atoms with Gasteiger partial charge >= 0.3 is 5.97 Å². The Morgan fingerprint density at radius 3 is 2.85 bits per heavy atom. The second kappa shape index (κ2) is 3.24. The Morgan fingerprint density at radius 2 is 2.23 bits per heavy atom. The summed E-state index contributed by atoms with van der Waals surface area (Å²) in [5, 5.41) is 9.01. The van der Waals surface area contributed by atoms with Crippen molar-refractivity contribution in [2.75, 3.05) is 7.05 Å². The Bertz CT molecular complexity index is 234. The van der Waals surface area contributed by atoms with E-state index in [0.717, 1.165) is 19.3 Å². The molecule has 3 nitrogen and oxygen atoms in total. The van der Waals surface area contributed by atoms with Crippen LogP contribution in [0.15, 0.2) is 0 Å². The first kappa shape index (κ1) is 9.46. The standard InChI is InChI=1S/C9H14BrNO2/c1-11-5-2-3-7(11)8(10)6(4-5)9(12)13/h5-8H,2-4H2,1H3,(H,12,13)/t5?,6?,7?,8-/m1/s1. The molecule has 2 saturated heterocycles. The van der Waals surface area contributed by atoms with E-state index in [1.807, 2.05) is 0 Å². The predicted octanol–water partition coefficient (Wildman–Crippen LogP) is 1.32. The van der Waals surface area contributed by atoms with Crippen LogP contribution < -0.4 is 0 Å². The summed E-state index contributed by atoms with van der Waals surface area (Å²) in [5.74, 6) is -0.833. The number of nitrogens with zero attached hydrogens (tertiary/aromatic N) is 1. The van der Waals surface area contributed by atoms with E-state index >= 15 is 0 Å². The summed E-state index contributed by atoms with van der Waals surface area (Å²) < 4.78 is 0. The van der Waals surface area contributed by atoms with Crippen LogP contribution in [0.1, 0.15) is 19.3 Å². The van der Waals surface area contributed by atoms with Gasteiger partial charge in [-0.25, -0.2) is 0 Å². The van der Waals surface area contributed by atoms with Gasteiger partial charge in [0.25, 0.3) is 0 Å². The lowest BCUT2D eigenvalue weighted by atomic mass is 9.91. The molecule has 2 bridgehead atoms. The summed E-state index contributed by atoms with van der Waals surface area (Å²) >= 11 is 3.53. The van der Waals surface area contributed by atoms with E-state index in [0.29, 0.717) is 12.1 Å². The predicted molar refractivity (Wildman–Crippen MR) is 53.0 cm³/mol. The second-order valence-electron chi connectivity index (χ2n) is 4.09. The molecule has 0 aromatic carbocycles. The Morgan fingerprint density at radius 1 is 1.54 bits per heavy atom. The number of carboxylic acids is 1. The SMILES string of the molecule is CN1C2CCC1[C@H](Br)C(C(=O)O)C2. The van der Waals surface area contributed by atoms with Crippen LogP contribution in [-0.2, 0) is 4.79 Å². The third kappa shape index (κ3) is 1.40. The number of carboxylic acid groups (broad SMARTS) is 1. The van der Waals surface area contributed by atoms with E-state index in [9.17, 15) is 4.79 Å². The Labute approximate surface area is 86.2 Å². The quantitative estimate of drug-likeness (QED) is 0.711. The number of aliphatic carboxylic acids is 1. The number of carbonyl (C=O) groups is 1. The summed E-state index contributed by atoms with van der Waals surface area (Å²) in [7, 11) is 2.11. The summed E-state index contributed by atoms with van der Waals surface area (Å²) in [6.45, 7) is 0. The zero-order valence-corrected chi connectivity index (χ0v) is 9.20. The minimum absolute atomic E-state index is 0.133. The van der Waals surface area contributed by atoms with Crippen LogP contribution in [0.5, 0.6) is 0 Å². The average molecular weight is 248 g/mol. The van der Waals surface area contributed by atoms with Crippen LogP contribution in [0.25, 0.3) is 0 Å². The van der Waals surface area contributed by atoms with Crippen molar-refractivity contribution in [3.8, 4) is 0 Å². The lowest BCUT2D eigenvalue weighted by molar-refractivity contribution is -0.143. The monoisotopic (exact) mass is 247 g/mol. The summed E-state index contributed by atoms with van der Waals surface area (Å²) in [6.07, 6.45) is 3.10. The van der Waals surface area contributed by atoms with Crippen LogP contribution in [0.4, 0.5) is 0 Å². The highest BCUT2D eigenvalue weighted by molar-refractivity contribution is 9.09. The number of fused-ring (bicyclic) bond motifs is 2. The molecular weight excluding hydrogens is 234 g/mol. The molecule has 2 aliphatic rings. The van der Waals surface area contributed by atoms with E-state index in [1.165, 1.54) is 0 Å². The van der Waals surface area contributed by atoms with Crippen molar-refractivity contribution >= 4 is 21.9 Å². The Kier molecular flexibility index (Phi) is 2.36. The first-order chi connectivity index (χ1) is 6.11. The van der Waals surface area contributed by atoms with Crippen molar-refractivity contribution in [2.45, 2.75) is 36.2 Å². The van der Waals surface area contributed by atoms with Crippen molar-refractivity contribution in [1.82, 2.24) is 4.90 Å². The van der Waals surface area contributed by atoms with Crippen molar-refractivity contribution in [1.29, 1.82) is 0 Å². The lowest BCUT2D eigenvalue weighted by Crippen LogP contribution is -2.49. The van der Waals surface area contributed by atoms with Gasteiger partial charge in [-0.3, -0.25) is 9.69 Å². The molecule has 74 valence electrons.